The molecule has 3 rings (SSSR count). The van der Waals surface area contributed by atoms with Gasteiger partial charge in [0.05, 0.1) is 18.7 Å². The Morgan fingerprint density at radius 3 is 2.61 bits per heavy atom. The first-order valence-electron chi connectivity index (χ1n) is 8.58. The van der Waals surface area contributed by atoms with Gasteiger partial charge >= 0.3 is 6.03 Å². The van der Waals surface area contributed by atoms with Gasteiger partial charge in [-0.1, -0.05) is 18.2 Å². The van der Waals surface area contributed by atoms with Gasteiger partial charge in [-0.15, -0.1) is 0 Å². The lowest BCUT2D eigenvalue weighted by molar-refractivity contribution is 0.251. The average Bonchev–Trinajstić information content (AvgIpc) is 3.05. The van der Waals surface area contributed by atoms with E-state index in [1.54, 1.807) is 20.3 Å². The molecule has 0 saturated carbocycles. The summed E-state index contributed by atoms with van der Waals surface area (Å²) in [6.45, 7) is 2.29. The van der Waals surface area contributed by atoms with Gasteiger partial charge < -0.3 is 20.1 Å². The Balaban J connectivity index is 1.64. The topological polar surface area (TPSA) is 88.3 Å². The van der Waals surface area contributed by atoms with Crippen LogP contribution >= 0.6 is 15.9 Å². The summed E-state index contributed by atoms with van der Waals surface area (Å²) in [6, 6.07) is 12.7. The Labute approximate surface area is 171 Å². The molecule has 8 heteroatoms. The summed E-state index contributed by atoms with van der Waals surface area (Å²) in [5.41, 5.74) is 4.22. The molecule has 3 N–H and O–H groups in total. The number of urea groups is 1. The number of hydrogen-bond donors (Lipinski definition) is 3. The molecule has 1 aromatic heterocycles. The first kappa shape index (κ1) is 19.8. The van der Waals surface area contributed by atoms with Gasteiger partial charge in [-0.2, -0.15) is 5.10 Å². The Morgan fingerprint density at radius 1 is 1.14 bits per heavy atom. The van der Waals surface area contributed by atoms with Crippen LogP contribution in [0, 0.1) is 6.92 Å². The van der Waals surface area contributed by atoms with Crippen LogP contribution in [0.25, 0.3) is 11.3 Å². The van der Waals surface area contributed by atoms with Gasteiger partial charge in [0, 0.05) is 23.5 Å². The number of carbonyl (C=O) groups excluding carboxylic acids is 1. The molecule has 2 aromatic carbocycles. The summed E-state index contributed by atoms with van der Waals surface area (Å²) in [6.07, 6.45) is 0. The van der Waals surface area contributed by atoms with E-state index in [-0.39, 0.29) is 6.03 Å². The van der Waals surface area contributed by atoms with Crippen molar-refractivity contribution in [1.82, 2.24) is 15.5 Å². The van der Waals surface area contributed by atoms with Crippen LogP contribution in [-0.2, 0) is 6.54 Å². The summed E-state index contributed by atoms with van der Waals surface area (Å²) in [4.78, 5) is 12.3. The minimum absolute atomic E-state index is 0.302. The van der Waals surface area contributed by atoms with Crippen molar-refractivity contribution in [3.8, 4) is 22.8 Å². The van der Waals surface area contributed by atoms with Crippen LogP contribution < -0.4 is 20.1 Å². The van der Waals surface area contributed by atoms with Crippen molar-refractivity contribution in [2.45, 2.75) is 13.5 Å². The van der Waals surface area contributed by atoms with E-state index in [1.165, 1.54) is 0 Å². The van der Waals surface area contributed by atoms with Crippen LogP contribution in [0.5, 0.6) is 11.5 Å². The summed E-state index contributed by atoms with van der Waals surface area (Å²) in [7, 11) is 3.16. The number of amides is 2. The molecular formula is C20H21BrN4O3. The Bertz CT molecular complexity index is 987. The van der Waals surface area contributed by atoms with Gasteiger partial charge in [0.15, 0.2) is 11.5 Å². The number of halogens is 1. The minimum atomic E-state index is -0.302. The second kappa shape index (κ2) is 8.79. The summed E-state index contributed by atoms with van der Waals surface area (Å²) < 4.78 is 11.4. The highest BCUT2D eigenvalue weighted by Gasteiger charge is 2.11. The number of H-pyrrole nitrogens is 1. The molecule has 3 aromatic rings. The van der Waals surface area contributed by atoms with Crippen LogP contribution in [0.2, 0.25) is 0 Å². The van der Waals surface area contributed by atoms with Crippen LogP contribution in [0.1, 0.15) is 11.3 Å². The minimum Gasteiger partial charge on any atom is -0.493 e. The van der Waals surface area contributed by atoms with E-state index in [0.29, 0.717) is 23.7 Å². The summed E-state index contributed by atoms with van der Waals surface area (Å²) >= 11 is 3.52. The van der Waals surface area contributed by atoms with E-state index in [1.807, 2.05) is 43.3 Å². The molecule has 0 spiro atoms. The predicted molar refractivity (Wildman–Crippen MR) is 112 cm³/mol. The average molecular weight is 445 g/mol. The molecule has 0 saturated heterocycles. The van der Waals surface area contributed by atoms with Crippen molar-refractivity contribution in [3.63, 3.8) is 0 Å². The number of hydrogen-bond acceptors (Lipinski definition) is 4. The number of methoxy groups -OCH3 is 2. The number of aromatic amines is 1. The van der Waals surface area contributed by atoms with Crippen molar-refractivity contribution in [2.24, 2.45) is 0 Å². The predicted octanol–water partition coefficient (Wildman–Crippen LogP) is 4.49. The molecule has 28 heavy (non-hydrogen) atoms. The summed E-state index contributed by atoms with van der Waals surface area (Å²) in [5.74, 6) is 1.27. The standard InChI is InChI=1S/C20H21BrN4O3/c1-12-18(21)19(25-24-12)14-5-4-6-15(10-14)23-20(26)22-11-13-7-8-16(27-2)17(9-13)28-3/h4-10H,11H2,1-3H3,(H,24,25)(H2,22,23,26). The van der Waals surface area contributed by atoms with E-state index in [9.17, 15) is 4.79 Å². The molecule has 0 atom stereocenters. The Kier molecular flexibility index (Phi) is 6.20. The van der Waals surface area contributed by atoms with Crippen molar-refractivity contribution in [2.75, 3.05) is 19.5 Å². The van der Waals surface area contributed by atoms with Crippen LogP contribution in [-0.4, -0.2) is 30.4 Å². The highest BCUT2D eigenvalue weighted by atomic mass is 79.9. The molecule has 0 unspecified atom stereocenters. The molecule has 0 aliphatic rings. The third-order valence-corrected chi connectivity index (χ3v) is 5.14. The summed E-state index contributed by atoms with van der Waals surface area (Å²) in [5, 5.41) is 12.9. The second-order valence-electron chi connectivity index (χ2n) is 6.09. The zero-order valence-corrected chi connectivity index (χ0v) is 17.4. The molecular weight excluding hydrogens is 424 g/mol. The highest BCUT2D eigenvalue weighted by molar-refractivity contribution is 9.10. The molecule has 0 radical (unpaired) electrons. The molecule has 2 amide bonds. The van der Waals surface area contributed by atoms with Crippen LogP contribution in [0.15, 0.2) is 46.9 Å². The number of aromatic nitrogens is 2. The van der Waals surface area contributed by atoms with Crippen LogP contribution in [0.4, 0.5) is 10.5 Å². The molecule has 0 bridgehead atoms. The van der Waals surface area contributed by atoms with Crippen molar-refractivity contribution < 1.29 is 14.3 Å². The number of ether oxygens (including phenoxy) is 2. The van der Waals surface area contributed by atoms with E-state index in [2.05, 4.69) is 36.8 Å². The first-order valence-corrected chi connectivity index (χ1v) is 9.37. The maximum absolute atomic E-state index is 12.3. The van der Waals surface area contributed by atoms with Gasteiger partial charge in [0.2, 0.25) is 0 Å². The number of anilines is 1. The lowest BCUT2D eigenvalue weighted by Crippen LogP contribution is -2.28. The number of rotatable bonds is 6. The molecule has 0 fully saturated rings. The van der Waals surface area contributed by atoms with Crippen molar-refractivity contribution in [1.29, 1.82) is 0 Å². The number of carbonyl (C=O) groups is 1. The van der Waals surface area contributed by atoms with Gasteiger partial charge in [-0.3, -0.25) is 5.10 Å². The highest BCUT2D eigenvalue weighted by Crippen LogP contribution is 2.30. The van der Waals surface area contributed by atoms with Crippen molar-refractivity contribution >= 4 is 27.6 Å². The normalized spacial score (nSPS) is 10.4. The lowest BCUT2D eigenvalue weighted by atomic mass is 10.1. The van der Waals surface area contributed by atoms with Crippen molar-refractivity contribution in [3.05, 3.63) is 58.2 Å². The number of benzene rings is 2. The first-order chi connectivity index (χ1) is 13.5. The molecule has 0 aliphatic carbocycles. The molecule has 0 aliphatic heterocycles. The Morgan fingerprint density at radius 2 is 1.93 bits per heavy atom. The second-order valence-corrected chi connectivity index (χ2v) is 6.88. The van der Waals surface area contributed by atoms with Gasteiger partial charge in [0.1, 0.15) is 5.69 Å². The number of aryl methyl sites for hydroxylation is 1. The maximum Gasteiger partial charge on any atom is 0.319 e. The van der Waals surface area contributed by atoms with E-state index in [0.717, 1.165) is 27.0 Å². The SMILES string of the molecule is COc1ccc(CNC(=O)Nc2cccc(-c3n[nH]c(C)c3Br)c2)cc1OC. The third kappa shape index (κ3) is 4.45. The van der Waals surface area contributed by atoms with E-state index < -0.39 is 0 Å². The number of nitrogens with zero attached hydrogens (tertiary/aromatic N) is 1. The van der Waals surface area contributed by atoms with Gasteiger partial charge in [-0.25, -0.2) is 4.79 Å². The number of nitrogens with one attached hydrogen (secondary N) is 3. The zero-order chi connectivity index (χ0) is 20.1. The Hall–Kier alpha value is -3.00. The third-order valence-electron chi connectivity index (χ3n) is 4.17. The maximum atomic E-state index is 12.3. The quantitative estimate of drug-likeness (QED) is 0.522. The van der Waals surface area contributed by atoms with Gasteiger partial charge in [-0.05, 0) is 52.7 Å². The molecule has 146 valence electrons. The zero-order valence-electron chi connectivity index (χ0n) is 15.8. The largest absolute Gasteiger partial charge is 0.493 e. The fourth-order valence-corrected chi connectivity index (χ4v) is 3.11. The monoisotopic (exact) mass is 444 g/mol. The van der Waals surface area contributed by atoms with Crippen LogP contribution in [0.3, 0.4) is 0 Å². The molecule has 7 nitrogen and oxygen atoms in total. The molecule has 1 heterocycles. The smallest absolute Gasteiger partial charge is 0.319 e. The van der Waals surface area contributed by atoms with E-state index in [4.69, 9.17) is 9.47 Å². The van der Waals surface area contributed by atoms with E-state index >= 15 is 0 Å². The fourth-order valence-electron chi connectivity index (χ4n) is 2.70. The fraction of sp³-hybridized carbons (Fsp3) is 0.200. The lowest BCUT2D eigenvalue weighted by Gasteiger charge is -2.11. The van der Waals surface area contributed by atoms with Gasteiger partial charge in [0.25, 0.3) is 0 Å².